The molecular formula is C23H18O2P2. The van der Waals surface area contributed by atoms with Crippen LogP contribution in [0.15, 0.2) is 102 Å². The molecule has 3 aromatic rings. The number of ketones is 2. The summed E-state index contributed by atoms with van der Waals surface area (Å²) in [6.07, 6.45) is 0.00298. The van der Waals surface area contributed by atoms with Crippen LogP contribution in [0.5, 0.6) is 0 Å². The molecule has 3 aromatic carbocycles. The second-order valence-electron chi connectivity index (χ2n) is 6.24. The standard InChI is InChI=1S/C23H18O2P2/c24-20-16-21(25)23(22(20)26-17-10-4-1-5-11-17)27(18-12-6-2-7-13-18)19-14-8-3-9-15-19/h1-15,26H,16H2. The maximum absolute atomic E-state index is 12.9. The van der Waals surface area contributed by atoms with E-state index >= 15 is 0 Å². The van der Waals surface area contributed by atoms with E-state index in [1.807, 2.05) is 66.7 Å². The molecule has 0 bridgehead atoms. The van der Waals surface area contributed by atoms with Crippen molar-refractivity contribution in [1.82, 2.24) is 0 Å². The summed E-state index contributed by atoms with van der Waals surface area (Å²) in [5.74, 6) is -0.0335. The smallest absolute Gasteiger partial charge is 0.172 e. The van der Waals surface area contributed by atoms with Gasteiger partial charge in [0.2, 0.25) is 0 Å². The van der Waals surface area contributed by atoms with Gasteiger partial charge in [-0.25, -0.2) is 0 Å². The minimum absolute atomic E-state index is 0.00298. The van der Waals surface area contributed by atoms with Gasteiger partial charge in [0.1, 0.15) is 0 Å². The van der Waals surface area contributed by atoms with Gasteiger partial charge in [-0.2, -0.15) is 0 Å². The average molecular weight is 388 g/mol. The van der Waals surface area contributed by atoms with E-state index in [-0.39, 0.29) is 26.6 Å². The molecule has 0 spiro atoms. The molecule has 0 aromatic heterocycles. The molecule has 0 heterocycles. The number of allylic oxidation sites excluding steroid dienone is 2. The fourth-order valence-corrected chi connectivity index (χ4v) is 7.25. The summed E-state index contributed by atoms with van der Waals surface area (Å²) < 4.78 is 0. The van der Waals surface area contributed by atoms with Crippen molar-refractivity contribution in [2.45, 2.75) is 6.42 Å². The van der Waals surface area contributed by atoms with Gasteiger partial charge in [-0.3, -0.25) is 9.59 Å². The number of benzene rings is 3. The SMILES string of the molecule is O=C1CC(=O)C(P(c2ccccc2)c2ccccc2)=C1Pc1ccccc1. The van der Waals surface area contributed by atoms with Gasteiger partial charge >= 0.3 is 0 Å². The summed E-state index contributed by atoms with van der Waals surface area (Å²) >= 11 is 0. The van der Waals surface area contributed by atoms with Crippen LogP contribution in [0.1, 0.15) is 6.42 Å². The highest BCUT2D eigenvalue weighted by atomic mass is 31.1. The van der Waals surface area contributed by atoms with Crippen LogP contribution >= 0.6 is 16.5 Å². The van der Waals surface area contributed by atoms with Gasteiger partial charge in [-0.15, -0.1) is 0 Å². The first kappa shape index (κ1) is 18.0. The van der Waals surface area contributed by atoms with Crippen molar-refractivity contribution < 1.29 is 9.59 Å². The molecule has 1 unspecified atom stereocenters. The third-order valence-electron chi connectivity index (χ3n) is 4.40. The van der Waals surface area contributed by atoms with Crippen molar-refractivity contribution in [2.24, 2.45) is 0 Å². The first-order valence-electron chi connectivity index (χ1n) is 8.77. The zero-order chi connectivity index (χ0) is 18.6. The summed E-state index contributed by atoms with van der Waals surface area (Å²) in [7, 11) is -0.825. The lowest BCUT2D eigenvalue weighted by molar-refractivity contribution is -0.120. The maximum Gasteiger partial charge on any atom is 0.172 e. The first-order chi connectivity index (χ1) is 13.2. The largest absolute Gasteiger partial charge is 0.294 e. The van der Waals surface area contributed by atoms with Crippen molar-refractivity contribution in [3.05, 3.63) is 102 Å². The molecule has 132 valence electrons. The van der Waals surface area contributed by atoms with Gasteiger partial charge in [0.25, 0.3) is 0 Å². The molecule has 27 heavy (non-hydrogen) atoms. The van der Waals surface area contributed by atoms with Crippen LogP contribution in [0.25, 0.3) is 0 Å². The quantitative estimate of drug-likeness (QED) is 0.491. The summed E-state index contributed by atoms with van der Waals surface area (Å²) in [6.45, 7) is 0. The van der Waals surface area contributed by atoms with E-state index < -0.39 is 7.92 Å². The number of carbonyl (C=O) groups excluding carboxylic acids is 2. The van der Waals surface area contributed by atoms with Crippen molar-refractivity contribution in [3.63, 3.8) is 0 Å². The van der Waals surface area contributed by atoms with E-state index in [9.17, 15) is 9.59 Å². The third-order valence-corrected chi connectivity index (χ3v) is 8.56. The first-order valence-corrected chi connectivity index (χ1v) is 11.1. The molecule has 0 saturated carbocycles. The molecule has 0 amide bonds. The summed E-state index contributed by atoms with van der Waals surface area (Å²) in [5.41, 5.74) is 0. The Hall–Kier alpha value is -2.40. The molecule has 0 saturated heterocycles. The lowest BCUT2D eigenvalue weighted by Gasteiger charge is -2.20. The van der Waals surface area contributed by atoms with Crippen LogP contribution < -0.4 is 15.9 Å². The van der Waals surface area contributed by atoms with Crippen LogP contribution in [0.4, 0.5) is 0 Å². The zero-order valence-electron chi connectivity index (χ0n) is 14.6. The molecule has 0 fully saturated rings. The highest BCUT2D eigenvalue weighted by Gasteiger charge is 2.36. The number of Topliss-reactive ketones (excluding diaryl/α,β-unsaturated/α-hetero) is 2. The second-order valence-corrected chi connectivity index (χ2v) is 9.72. The van der Waals surface area contributed by atoms with E-state index in [4.69, 9.17) is 0 Å². The maximum atomic E-state index is 12.9. The number of hydrogen-bond acceptors (Lipinski definition) is 2. The molecule has 0 radical (unpaired) electrons. The van der Waals surface area contributed by atoms with Gasteiger partial charge in [0.05, 0.1) is 6.42 Å². The lowest BCUT2D eigenvalue weighted by atomic mass is 10.3. The second kappa shape index (κ2) is 8.09. The van der Waals surface area contributed by atoms with Crippen LogP contribution in [-0.2, 0) is 9.59 Å². The molecule has 0 N–H and O–H groups in total. The van der Waals surface area contributed by atoms with Crippen LogP contribution in [-0.4, -0.2) is 11.6 Å². The minimum Gasteiger partial charge on any atom is -0.294 e. The topological polar surface area (TPSA) is 34.1 Å². The monoisotopic (exact) mass is 388 g/mol. The number of rotatable bonds is 5. The molecule has 0 aliphatic heterocycles. The Kier molecular flexibility index (Phi) is 5.39. The summed E-state index contributed by atoms with van der Waals surface area (Å²) in [5, 5.41) is 4.74. The summed E-state index contributed by atoms with van der Waals surface area (Å²) in [6, 6.07) is 30.1. The molecular weight excluding hydrogens is 370 g/mol. The fourth-order valence-electron chi connectivity index (χ4n) is 3.18. The number of carbonyl (C=O) groups is 2. The van der Waals surface area contributed by atoms with Gasteiger partial charge in [-0.1, -0.05) is 99.6 Å². The van der Waals surface area contributed by atoms with Gasteiger partial charge in [0, 0.05) is 10.6 Å². The Bertz CT molecular complexity index is 957. The normalized spacial score (nSPS) is 14.7. The van der Waals surface area contributed by atoms with Gasteiger partial charge in [-0.05, 0) is 23.8 Å². The van der Waals surface area contributed by atoms with E-state index in [0.717, 1.165) is 21.2 Å². The van der Waals surface area contributed by atoms with Crippen molar-refractivity contribution in [1.29, 1.82) is 0 Å². The van der Waals surface area contributed by atoms with Crippen molar-refractivity contribution >= 4 is 44.0 Å². The Balaban J connectivity index is 1.88. The molecule has 4 heteroatoms. The lowest BCUT2D eigenvalue weighted by Crippen LogP contribution is -2.15. The van der Waals surface area contributed by atoms with Crippen molar-refractivity contribution in [3.8, 4) is 0 Å². The van der Waals surface area contributed by atoms with E-state index in [1.165, 1.54) is 0 Å². The minimum atomic E-state index is -1.04. The van der Waals surface area contributed by atoms with E-state index in [0.29, 0.717) is 5.31 Å². The third kappa shape index (κ3) is 3.83. The Morgan fingerprint density at radius 1 is 0.630 bits per heavy atom. The van der Waals surface area contributed by atoms with Gasteiger partial charge < -0.3 is 0 Å². The molecule has 4 rings (SSSR count). The average Bonchev–Trinajstić information content (AvgIpc) is 2.98. The predicted molar refractivity (Wildman–Crippen MR) is 115 cm³/mol. The predicted octanol–water partition coefficient (Wildman–Crippen LogP) is 3.88. The Morgan fingerprint density at radius 2 is 1.11 bits per heavy atom. The molecule has 1 aliphatic rings. The Morgan fingerprint density at radius 3 is 1.63 bits per heavy atom. The van der Waals surface area contributed by atoms with Crippen LogP contribution in [0.2, 0.25) is 0 Å². The molecule has 2 nitrogen and oxygen atoms in total. The van der Waals surface area contributed by atoms with E-state index in [2.05, 4.69) is 24.3 Å². The molecule has 1 atom stereocenters. The zero-order valence-corrected chi connectivity index (χ0v) is 16.5. The van der Waals surface area contributed by atoms with Crippen LogP contribution in [0.3, 0.4) is 0 Å². The summed E-state index contributed by atoms with van der Waals surface area (Å²) in [4.78, 5) is 25.6. The van der Waals surface area contributed by atoms with Crippen molar-refractivity contribution in [2.75, 3.05) is 0 Å². The number of hydrogen-bond donors (Lipinski definition) is 0. The van der Waals surface area contributed by atoms with Gasteiger partial charge in [0.15, 0.2) is 11.6 Å². The fraction of sp³-hybridized carbons (Fsp3) is 0.0435. The highest BCUT2D eigenvalue weighted by Crippen LogP contribution is 2.51. The highest BCUT2D eigenvalue weighted by molar-refractivity contribution is 7.78. The molecule has 1 aliphatic carbocycles. The Labute approximate surface area is 161 Å². The van der Waals surface area contributed by atoms with Crippen LogP contribution in [0, 0.1) is 0 Å². The van der Waals surface area contributed by atoms with E-state index in [1.54, 1.807) is 0 Å².